The topological polar surface area (TPSA) is 41.6 Å². The Hall–Kier alpha value is -2.20. The van der Waals surface area contributed by atoms with E-state index in [0.29, 0.717) is 10.8 Å². The van der Waals surface area contributed by atoms with Crippen LogP contribution in [0.1, 0.15) is 43.9 Å². The van der Waals surface area contributed by atoms with Crippen molar-refractivity contribution >= 4 is 23.2 Å². The number of amides is 1. The van der Waals surface area contributed by atoms with Crippen LogP contribution in [-0.2, 0) is 4.79 Å². The van der Waals surface area contributed by atoms with Crippen LogP contribution in [0.2, 0.25) is 5.02 Å². The molecule has 5 heteroatoms. The number of anilines is 1. The summed E-state index contributed by atoms with van der Waals surface area (Å²) >= 11 is 6.01. The van der Waals surface area contributed by atoms with Crippen LogP contribution in [0.3, 0.4) is 0 Å². The molecule has 0 aromatic heterocycles. The minimum Gasteiger partial charge on any atom is -0.484 e. The molecule has 1 N–H and O–H groups in total. The lowest BCUT2D eigenvalue weighted by Crippen LogP contribution is -2.34. The highest BCUT2D eigenvalue weighted by Crippen LogP contribution is 2.25. The fraction of sp³-hybridized carbons (Fsp3) is 0.435. The third-order valence-corrected chi connectivity index (χ3v) is 5.72. The zero-order chi connectivity index (χ0) is 20.1. The molecule has 3 rings (SSSR count). The number of ether oxygens (including phenoxy) is 1. The van der Waals surface area contributed by atoms with E-state index in [0.717, 1.165) is 30.1 Å². The number of piperidine rings is 1. The van der Waals surface area contributed by atoms with Gasteiger partial charge in [0.15, 0.2) is 6.61 Å². The normalized spacial score (nSPS) is 17.9. The minimum atomic E-state index is -0.144. The number of benzene rings is 2. The van der Waals surface area contributed by atoms with Gasteiger partial charge in [-0.25, -0.2) is 0 Å². The Bertz CT molecular complexity index is 807. The highest BCUT2D eigenvalue weighted by molar-refractivity contribution is 6.31. The molecule has 2 aromatic carbocycles. The molecule has 0 spiro atoms. The molecule has 0 radical (unpaired) electrons. The average molecular weight is 401 g/mol. The quantitative estimate of drug-likeness (QED) is 0.729. The number of halogens is 1. The summed E-state index contributed by atoms with van der Waals surface area (Å²) in [5.74, 6) is 1.25. The molecule has 1 fully saturated rings. The Morgan fingerprint density at radius 3 is 2.71 bits per heavy atom. The van der Waals surface area contributed by atoms with Crippen molar-refractivity contribution in [2.75, 3.05) is 24.6 Å². The second-order valence-electron chi connectivity index (χ2n) is 7.77. The van der Waals surface area contributed by atoms with Crippen LogP contribution in [0.5, 0.6) is 5.75 Å². The smallest absolute Gasteiger partial charge is 0.258 e. The van der Waals surface area contributed by atoms with Crippen molar-refractivity contribution in [2.45, 2.75) is 39.7 Å². The lowest BCUT2D eigenvalue weighted by atomic mass is 9.99. The fourth-order valence-corrected chi connectivity index (χ4v) is 3.74. The number of hydrogen-bond donors (Lipinski definition) is 1. The number of carbonyl (C=O) groups is 1. The zero-order valence-corrected chi connectivity index (χ0v) is 17.6. The van der Waals surface area contributed by atoms with Crippen molar-refractivity contribution in [3.05, 3.63) is 58.6 Å². The van der Waals surface area contributed by atoms with Crippen molar-refractivity contribution in [3.63, 3.8) is 0 Å². The number of aryl methyl sites for hydroxylation is 1. The minimum absolute atomic E-state index is 0.0187. The largest absolute Gasteiger partial charge is 0.484 e. The van der Waals surface area contributed by atoms with Crippen LogP contribution < -0.4 is 15.0 Å². The Balaban J connectivity index is 1.51. The van der Waals surface area contributed by atoms with Crippen LogP contribution in [0, 0.1) is 12.8 Å². The van der Waals surface area contributed by atoms with E-state index < -0.39 is 0 Å². The first-order valence-electron chi connectivity index (χ1n) is 9.95. The Kier molecular flexibility index (Phi) is 6.84. The summed E-state index contributed by atoms with van der Waals surface area (Å²) in [6.45, 7) is 8.43. The lowest BCUT2D eigenvalue weighted by molar-refractivity contribution is -0.123. The molecule has 1 saturated heterocycles. The van der Waals surface area contributed by atoms with Gasteiger partial charge in [0, 0.05) is 23.8 Å². The summed E-state index contributed by atoms with van der Waals surface area (Å²) < 4.78 is 5.57. The van der Waals surface area contributed by atoms with Crippen LogP contribution in [-0.4, -0.2) is 25.6 Å². The second-order valence-corrected chi connectivity index (χ2v) is 8.18. The molecule has 0 aliphatic carbocycles. The predicted molar refractivity (Wildman–Crippen MR) is 115 cm³/mol. The monoisotopic (exact) mass is 400 g/mol. The van der Waals surface area contributed by atoms with Gasteiger partial charge in [-0.05, 0) is 74.1 Å². The molecule has 1 heterocycles. The summed E-state index contributed by atoms with van der Waals surface area (Å²) in [5, 5.41) is 3.68. The zero-order valence-electron chi connectivity index (χ0n) is 16.9. The Morgan fingerprint density at radius 1 is 1.29 bits per heavy atom. The fourth-order valence-electron chi connectivity index (χ4n) is 3.62. The van der Waals surface area contributed by atoms with E-state index in [1.54, 1.807) is 12.1 Å². The predicted octanol–water partition coefficient (Wildman–Crippen LogP) is 5.14. The molecule has 0 unspecified atom stereocenters. The first kappa shape index (κ1) is 20.5. The summed E-state index contributed by atoms with van der Waals surface area (Å²) in [6, 6.07) is 13.8. The average Bonchev–Trinajstić information content (AvgIpc) is 2.69. The molecule has 2 aromatic rings. The number of nitrogens with one attached hydrogen (secondary N) is 1. The van der Waals surface area contributed by atoms with Crippen molar-refractivity contribution in [1.82, 2.24) is 5.32 Å². The van der Waals surface area contributed by atoms with Gasteiger partial charge in [0.05, 0.1) is 6.04 Å². The molecule has 150 valence electrons. The van der Waals surface area contributed by atoms with Crippen molar-refractivity contribution < 1.29 is 9.53 Å². The third-order valence-electron chi connectivity index (χ3n) is 5.29. The van der Waals surface area contributed by atoms with Gasteiger partial charge in [-0.15, -0.1) is 0 Å². The molecule has 1 aliphatic heterocycles. The van der Waals surface area contributed by atoms with Gasteiger partial charge in [0.25, 0.3) is 5.91 Å². The number of hydrogen-bond acceptors (Lipinski definition) is 3. The van der Waals surface area contributed by atoms with Gasteiger partial charge in [-0.3, -0.25) is 4.79 Å². The van der Waals surface area contributed by atoms with Crippen molar-refractivity contribution in [3.8, 4) is 5.75 Å². The summed E-state index contributed by atoms with van der Waals surface area (Å²) in [5.41, 5.74) is 3.27. The first-order chi connectivity index (χ1) is 13.4. The maximum atomic E-state index is 12.2. The molecule has 4 nitrogen and oxygen atoms in total. The molecular formula is C23H29ClN2O2. The van der Waals surface area contributed by atoms with Gasteiger partial charge >= 0.3 is 0 Å². The van der Waals surface area contributed by atoms with E-state index in [2.05, 4.69) is 41.4 Å². The van der Waals surface area contributed by atoms with Crippen LogP contribution in [0.15, 0.2) is 42.5 Å². The van der Waals surface area contributed by atoms with Gasteiger partial charge in [0.1, 0.15) is 5.75 Å². The number of rotatable bonds is 6. The number of nitrogens with zero attached hydrogens (tertiary/aromatic N) is 1. The van der Waals surface area contributed by atoms with Gasteiger partial charge in [-0.1, -0.05) is 30.7 Å². The van der Waals surface area contributed by atoms with Crippen molar-refractivity contribution in [2.24, 2.45) is 5.92 Å². The van der Waals surface area contributed by atoms with E-state index in [1.807, 2.05) is 19.9 Å². The third kappa shape index (κ3) is 5.41. The van der Waals surface area contributed by atoms with Crippen LogP contribution in [0.25, 0.3) is 0 Å². The van der Waals surface area contributed by atoms with Gasteiger partial charge in [-0.2, -0.15) is 0 Å². The lowest BCUT2D eigenvalue weighted by Gasteiger charge is -2.33. The second kappa shape index (κ2) is 9.33. The maximum Gasteiger partial charge on any atom is 0.258 e. The van der Waals surface area contributed by atoms with E-state index >= 15 is 0 Å². The molecule has 0 bridgehead atoms. The maximum absolute atomic E-state index is 12.2. The van der Waals surface area contributed by atoms with Gasteiger partial charge in [0.2, 0.25) is 0 Å². The molecule has 1 aliphatic rings. The highest BCUT2D eigenvalue weighted by atomic mass is 35.5. The molecule has 28 heavy (non-hydrogen) atoms. The molecule has 1 amide bonds. The standard InChI is InChI=1S/C23H29ClN2O2/c1-16-5-4-12-26(14-16)20-8-6-19(7-9-20)18(3)25-23(27)15-28-21-10-11-22(24)17(2)13-21/h6-11,13,16,18H,4-5,12,14-15H2,1-3H3,(H,25,27)/t16-,18-/m0/s1. The van der Waals surface area contributed by atoms with Gasteiger partial charge < -0.3 is 15.0 Å². The molecule has 0 saturated carbocycles. The summed E-state index contributed by atoms with van der Waals surface area (Å²) in [6.07, 6.45) is 2.57. The summed E-state index contributed by atoms with van der Waals surface area (Å²) in [4.78, 5) is 14.7. The SMILES string of the molecule is Cc1cc(OCC(=O)N[C@@H](C)c2ccc(N3CCC[C@H](C)C3)cc2)ccc1Cl. The Morgan fingerprint density at radius 2 is 2.04 bits per heavy atom. The van der Waals surface area contributed by atoms with Crippen molar-refractivity contribution in [1.29, 1.82) is 0 Å². The van der Waals surface area contributed by atoms with Crippen LogP contribution in [0.4, 0.5) is 5.69 Å². The Labute approximate surface area is 172 Å². The van der Waals surface area contributed by atoms with E-state index in [1.165, 1.54) is 18.5 Å². The number of carbonyl (C=O) groups excluding carboxylic acids is 1. The van der Waals surface area contributed by atoms with E-state index in [-0.39, 0.29) is 18.6 Å². The van der Waals surface area contributed by atoms with E-state index in [9.17, 15) is 4.79 Å². The van der Waals surface area contributed by atoms with E-state index in [4.69, 9.17) is 16.3 Å². The first-order valence-corrected chi connectivity index (χ1v) is 10.3. The van der Waals surface area contributed by atoms with Crippen LogP contribution >= 0.6 is 11.6 Å². The molecule has 2 atom stereocenters. The molecular weight excluding hydrogens is 372 g/mol. The summed E-state index contributed by atoms with van der Waals surface area (Å²) in [7, 11) is 0. The highest BCUT2D eigenvalue weighted by Gasteiger charge is 2.17.